The van der Waals surface area contributed by atoms with E-state index in [2.05, 4.69) is 31.2 Å². The third-order valence-corrected chi connectivity index (χ3v) is 4.85. The van der Waals surface area contributed by atoms with Crippen molar-refractivity contribution in [2.75, 3.05) is 5.32 Å². The summed E-state index contributed by atoms with van der Waals surface area (Å²) < 4.78 is 1.00. The van der Waals surface area contributed by atoms with Gasteiger partial charge in [-0.15, -0.1) is 0 Å². The predicted octanol–water partition coefficient (Wildman–Crippen LogP) is 4.60. The Morgan fingerprint density at radius 1 is 1.04 bits per heavy atom. The molecule has 1 heterocycles. The summed E-state index contributed by atoms with van der Waals surface area (Å²) in [5.41, 5.74) is 2.40. The summed E-state index contributed by atoms with van der Waals surface area (Å²) in [6, 6.07) is 17.1. The van der Waals surface area contributed by atoms with Crippen LogP contribution in [0.2, 0.25) is 0 Å². The maximum Gasteiger partial charge on any atom is 0.230 e. The molecular weight excluding hydrogens is 418 g/mol. The topological polar surface area (TPSA) is 75.1 Å². The molecule has 0 aliphatic rings. The summed E-state index contributed by atoms with van der Waals surface area (Å²) >= 11 is 3.41. The molecule has 0 spiro atoms. The molecular formula is C22H16BrN3O2. The quantitative estimate of drug-likeness (QED) is 0.494. The Labute approximate surface area is 169 Å². The third kappa shape index (κ3) is 3.59. The van der Waals surface area contributed by atoms with Crippen LogP contribution in [0.5, 0.6) is 0 Å². The molecule has 6 heteroatoms. The predicted molar refractivity (Wildman–Crippen MR) is 116 cm³/mol. The fourth-order valence-corrected chi connectivity index (χ4v) is 3.35. The number of rotatable bonds is 3. The summed E-state index contributed by atoms with van der Waals surface area (Å²) in [5.74, 6) is 0.200. The Bertz CT molecular complexity index is 1260. The maximum absolute atomic E-state index is 11.3. The van der Waals surface area contributed by atoms with E-state index in [1.807, 2.05) is 60.7 Å². The molecule has 4 aromatic rings. The van der Waals surface area contributed by atoms with Crippen molar-refractivity contribution in [3.63, 3.8) is 0 Å². The zero-order valence-electron chi connectivity index (χ0n) is 15.0. The summed E-state index contributed by atoms with van der Waals surface area (Å²) in [7, 11) is 0. The lowest BCUT2D eigenvalue weighted by atomic mass is 10.0. The van der Waals surface area contributed by atoms with Crippen LogP contribution in [0.15, 0.2) is 65.1 Å². The maximum atomic E-state index is 11.3. The smallest absolute Gasteiger partial charge is 0.230 e. The van der Waals surface area contributed by atoms with E-state index in [9.17, 15) is 9.90 Å². The zero-order valence-corrected chi connectivity index (χ0v) is 16.6. The van der Waals surface area contributed by atoms with Gasteiger partial charge in [0.1, 0.15) is 5.76 Å². The molecule has 1 amide bonds. The molecule has 0 aliphatic heterocycles. The van der Waals surface area contributed by atoms with Gasteiger partial charge in [0, 0.05) is 22.0 Å². The number of carbonyl (C=O) groups is 1. The molecule has 0 unspecified atom stereocenters. The standard InChI is InChI=1S/C22H16BrN3O2/c1-13(27)24-22-25-18-4-2-3-17-16(10-11-19(26-22)21(17)18)20(28)12-7-14-5-8-15(23)9-6-14/h2-12,28H,1H3,(H,24,25,26,27)/b12-7+,20-16-. The Balaban J connectivity index is 1.86. The van der Waals surface area contributed by atoms with Gasteiger partial charge in [-0.05, 0) is 47.4 Å². The van der Waals surface area contributed by atoms with Crippen LogP contribution in [-0.4, -0.2) is 21.0 Å². The van der Waals surface area contributed by atoms with Crippen LogP contribution in [0, 0.1) is 0 Å². The van der Waals surface area contributed by atoms with Gasteiger partial charge in [0.05, 0.1) is 11.0 Å². The molecule has 3 aromatic carbocycles. The van der Waals surface area contributed by atoms with Crippen LogP contribution in [0.4, 0.5) is 5.95 Å². The average molecular weight is 434 g/mol. The first-order valence-electron chi connectivity index (χ1n) is 8.65. The minimum Gasteiger partial charge on any atom is -0.507 e. The Morgan fingerprint density at radius 3 is 2.46 bits per heavy atom. The van der Waals surface area contributed by atoms with Gasteiger partial charge in [0.15, 0.2) is 0 Å². The molecule has 4 rings (SSSR count). The van der Waals surface area contributed by atoms with E-state index in [1.54, 1.807) is 6.08 Å². The Morgan fingerprint density at radius 2 is 1.75 bits per heavy atom. The van der Waals surface area contributed by atoms with Crippen LogP contribution in [0.25, 0.3) is 33.6 Å². The molecule has 0 aliphatic carbocycles. The van der Waals surface area contributed by atoms with Gasteiger partial charge in [-0.25, -0.2) is 9.97 Å². The van der Waals surface area contributed by atoms with Crippen LogP contribution in [0.3, 0.4) is 0 Å². The number of amides is 1. The van der Waals surface area contributed by atoms with Crippen molar-refractivity contribution in [2.24, 2.45) is 0 Å². The number of aromatic nitrogens is 2. The molecule has 2 N–H and O–H groups in total. The summed E-state index contributed by atoms with van der Waals surface area (Å²) in [5, 5.41) is 15.7. The second-order valence-electron chi connectivity index (χ2n) is 6.33. The summed E-state index contributed by atoms with van der Waals surface area (Å²) in [6.07, 6.45) is 3.54. The number of benzene rings is 3. The Kier molecular flexibility index (Phi) is 4.79. The van der Waals surface area contributed by atoms with E-state index in [-0.39, 0.29) is 17.6 Å². The fourth-order valence-electron chi connectivity index (χ4n) is 3.08. The van der Waals surface area contributed by atoms with Crippen LogP contribution in [-0.2, 0) is 4.79 Å². The van der Waals surface area contributed by atoms with E-state index >= 15 is 0 Å². The highest BCUT2D eigenvalue weighted by Gasteiger charge is 2.10. The molecule has 0 bridgehead atoms. The number of nitrogens with zero attached hydrogens (tertiary/aromatic N) is 2. The van der Waals surface area contributed by atoms with E-state index in [4.69, 9.17) is 0 Å². The van der Waals surface area contributed by atoms with Gasteiger partial charge in [-0.3, -0.25) is 10.1 Å². The Hall–Kier alpha value is -3.25. The summed E-state index contributed by atoms with van der Waals surface area (Å²) in [6.45, 7) is 1.42. The molecule has 0 fully saturated rings. The van der Waals surface area contributed by atoms with Crippen molar-refractivity contribution in [1.82, 2.24) is 9.97 Å². The van der Waals surface area contributed by atoms with Crippen LogP contribution < -0.4 is 10.5 Å². The molecule has 138 valence electrons. The molecule has 0 radical (unpaired) electrons. The van der Waals surface area contributed by atoms with Crippen molar-refractivity contribution >= 4 is 61.4 Å². The molecule has 5 nitrogen and oxygen atoms in total. The second kappa shape index (κ2) is 7.40. The van der Waals surface area contributed by atoms with Gasteiger partial charge < -0.3 is 5.11 Å². The number of nitrogens with one attached hydrogen (secondary N) is 1. The highest BCUT2D eigenvalue weighted by Crippen LogP contribution is 2.23. The lowest BCUT2D eigenvalue weighted by Crippen LogP contribution is -2.11. The normalized spacial score (nSPS) is 12.6. The first-order valence-corrected chi connectivity index (χ1v) is 9.44. The first kappa shape index (κ1) is 18.1. The number of carbonyl (C=O) groups excluding carboxylic acids is 1. The zero-order chi connectivity index (χ0) is 19.7. The average Bonchev–Trinajstić information content (AvgIpc) is 2.67. The minimum absolute atomic E-state index is 0.156. The van der Waals surface area contributed by atoms with Gasteiger partial charge in [0.25, 0.3) is 0 Å². The highest BCUT2D eigenvalue weighted by atomic mass is 79.9. The van der Waals surface area contributed by atoms with Gasteiger partial charge in [-0.2, -0.15) is 0 Å². The first-order chi connectivity index (χ1) is 13.5. The number of halogens is 1. The number of hydrogen-bond donors (Lipinski definition) is 2. The number of hydrogen-bond acceptors (Lipinski definition) is 4. The van der Waals surface area contributed by atoms with E-state index in [0.717, 1.165) is 20.8 Å². The summed E-state index contributed by atoms with van der Waals surface area (Å²) in [4.78, 5) is 20.1. The molecule has 0 atom stereocenters. The molecule has 0 saturated heterocycles. The third-order valence-electron chi connectivity index (χ3n) is 4.32. The van der Waals surface area contributed by atoms with Crippen molar-refractivity contribution in [2.45, 2.75) is 6.92 Å². The fraction of sp³-hybridized carbons (Fsp3) is 0.0455. The minimum atomic E-state index is -0.223. The monoisotopic (exact) mass is 433 g/mol. The van der Waals surface area contributed by atoms with Gasteiger partial charge in [-0.1, -0.05) is 46.3 Å². The van der Waals surface area contributed by atoms with Crippen LogP contribution >= 0.6 is 15.9 Å². The van der Waals surface area contributed by atoms with Crippen LogP contribution in [0.1, 0.15) is 12.5 Å². The SMILES string of the molecule is CC(=O)Nc1nc2cccc3/c(=C(O)/C=C/c4ccc(Br)cc4)ccc(n1)c23. The number of anilines is 1. The number of aliphatic hydroxyl groups is 1. The lowest BCUT2D eigenvalue weighted by molar-refractivity contribution is -0.114. The van der Waals surface area contributed by atoms with Crippen molar-refractivity contribution in [3.05, 3.63) is 75.9 Å². The van der Waals surface area contributed by atoms with Crippen molar-refractivity contribution in [1.29, 1.82) is 0 Å². The second-order valence-corrected chi connectivity index (χ2v) is 7.25. The van der Waals surface area contributed by atoms with Crippen molar-refractivity contribution < 1.29 is 9.90 Å². The van der Waals surface area contributed by atoms with Crippen molar-refractivity contribution in [3.8, 4) is 0 Å². The molecule has 1 aromatic heterocycles. The van der Waals surface area contributed by atoms with Gasteiger partial charge >= 0.3 is 0 Å². The molecule has 28 heavy (non-hydrogen) atoms. The van der Waals surface area contributed by atoms with Gasteiger partial charge in [0.2, 0.25) is 11.9 Å². The van der Waals surface area contributed by atoms with E-state index < -0.39 is 0 Å². The highest BCUT2D eigenvalue weighted by molar-refractivity contribution is 9.10. The van der Waals surface area contributed by atoms with E-state index in [1.165, 1.54) is 6.92 Å². The lowest BCUT2D eigenvalue weighted by Gasteiger charge is -2.08. The largest absolute Gasteiger partial charge is 0.507 e. The molecule has 0 saturated carbocycles. The van der Waals surface area contributed by atoms with E-state index in [0.29, 0.717) is 16.3 Å². The number of aliphatic hydroxyl groups excluding tert-OH is 1.